The summed E-state index contributed by atoms with van der Waals surface area (Å²) in [4.78, 5) is 51.8. The van der Waals surface area contributed by atoms with Gasteiger partial charge < -0.3 is 20.1 Å². The lowest BCUT2D eigenvalue weighted by molar-refractivity contribution is -0.120. The summed E-state index contributed by atoms with van der Waals surface area (Å²) < 4.78 is 10.3. The molecule has 1 heterocycles. The summed E-state index contributed by atoms with van der Waals surface area (Å²) in [6, 6.07) is 19.3. The van der Waals surface area contributed by atoms with Crippen molar-refractivity contribution in [2.24, 2.45) is 0 Å². The summed E-state index contributed by atoms with van der Waals surface area (Å²) in [5.41, 5.74) is 1.72. The van der Waals surface area contributed by atoms with Gasteiger partial charge in [0.2, 0.25) is 0 Å². The molecule has 0 unspecified atom stereocenters. The van der Waals surface area contributed by atoms with E-state index in [0.29, 0.717) is 22.7 Å². The molecule has 9 nitrogen and oxygen atoms in total. The molecule has 3 aromatic carbocycles. The lowest BCUT2D eigenvalue weighted by Gasteiger charge is -2.16. The number of esters is 1. The number of imide groups is 1. The first-order chi connectivity index (χ1) is 18.8. The van der Waals surface area contributed by atoms with Gasteiger partial charge in [0.1, 0.15) is 16.5 Å². The van der Waals surface area contributed by atoms with E-state index in [9.17, 15) is 19.2 Å². The second kappa shape index (κ2) is 12.3. The van der Waals surface area contributed by atoms with Crippen molar-refractivity contribution in [1.29, 1.82) is 0 Å². The Balaban J connectivity index is 1.44. The van der Waals surface area contributed by atoms with E-state index in [1.54, 1.807) is 67.8 Å². The molecule has 0 bridgehead atoms. The predicted octanol–water partition coefficient (Wildman–Crippen LogP) is 5.34. The molecule has 39 heavy (non-hydrogen) atoms. The summed E-state index contributed by atoms with van der Waals surface area (Å²) in [5.74, 6) is -1.60. The fourth-order valence-corrected chi connectivity index (χ4v) is 3.95. The van der Waals surface area contributed by atoms with E-state index >= 15 is 0 Å². The van der Waals surface area contributed by atoms with Gasteiger partial charge in [0, 0.05) is 16.9 Å². The van der Waals surface area contributed by atoms with Crippen LogP contribution in [0.15, 0.2) is 83.5 Å². The standard InChI is InChI=1S/C29H26ClN3O6/c1-3-4-16-39-29(37)19-6-5-7-22(17-19)33-27(35)24(30)25(28(33)36)31-20-10-8-18(9-11-20)26(34)32-21-12-14-23(38-2)15-13-21/h5-15,17,31H,3-4,16H2,1-2H3,(H,32,34). The molecule has 0 aliphatic carbocycles. The first kappa shape index (κ1) is 27.4. The van der Waals surface area contributed by atoms with Gasteiger partial charge >= 0.3 is 5.97 Å². The van der Waals surface area contributed by atoms with Crippen molar-refractivity contribution in [2.45, 2.75) is 19.8 Å². The number of hydrogen-bond acceptors (Lipinski definition) is 7. The topological polar surface area (TPSA) is 114 Å². The second-order valence-electron chi connectivity index (χ2n) is 8.56. The fourth-order valence-electron chi connectivity index (χ4n) is 3.74. The number of anilines is 3. The van der Waals surface area contributed by atoms with Crippen LogP contribution < -0.4 is 20.3 Å². The largest absolute Gasteiger partial charge is 0.497 e. The van der Waals surface area contributed by atoms with Gasteiger partial charge in [0.05, 0.1) is 25.0 Å². The van der Waals surface area contributed by atoms with Gasteiger partial charge in [-0.1, -0.05) is 31.0 Å². The average Bonchev–Trinajstić information content (AvgIpc) is 3.16. The summed E-state index contributed by atoms with van der Waals surface area (Å²) in [6.07, 6.45) is 1.61. The number of carbonyl (C=O) groups is 4. The van der Waals surface area contributed by atoms with Crippen LogP contribution in [0.4, 0.5) is 17.1 Å². The van der Waals surface area contributed by atoms with Crippen molar-refractivity contribution >= 4 is 52.4 Å². The third-order valence-electron chi connectivity index (χ3n) is 5.86. The fraction of sp³-hybridized carbons (Fsp3) is 0.172. The summed E-state index contributed by atoms with van der Waals surface area (Å²) in [6.45, 7) is 2.26. The van der Waals surface area contributed by atoms with Crippen LogP contribution in [0.25, 0.3) is 0 Å². The quantitative estimate of drug-likeness (QED) is 0.200. The Morgan fingerprint density at radius 3 is 2.26 bits per heavy atom. The van der Waals surface area contributed by atoms with E-state index < -0.39 is 17.8 Å². The number of methoxy groups -OCH3 is 1. The number of unbranched alkanes of at least 4 members (excludes halogenated alkanes) is 1. The highest BCUT2D eigenvalue weighted by Gasteiger charge is 2.39. The number of amides is 3. The number of nitrogens with one attached hydrogen (secondary N) is 2. The van der Waals surface area contributed by atoms with Gasteiger partial charge in [-0.05, 0) is 73.2 Å². The monoisotopic (exact) mass is 547 g/mol. The Kier molecular flexibility index (Phi) is 8.63. The Morgan fingerprint density at radius 2 is 1.59 bits per heavy atom. The third kappa shape index (κ3) is 6.27. The average molecular weight is 548 g/mol. The smallest absolute Gasteiger partial charge is 0.338 e. The molecule has 0 saturated carbocycles. The van der Waals surface area contributed by atoms with E-state index in [0.717, 1.165) is 17.7 Å². The number of halogens is 1. The van der Waals surface area contributed by atoms with Crippen molar-refractivity contribution in [3.8, 4) is 5.75 Å². The molecule has 0 aromatic heterocycles. The van der Waals surface area contributed by atoms with Crippen LogP contribution in [0.1, 0.15) is 40.5 Å². The maximum Gasteiger partial charge on any atom is 0.338 e. The zero-order valence-electron chi connectivity index (χ0n) is 21.3. The molecule has 4 rings (SSSR count). The van der Waals surface area contributed by atoms with Crippen molar-refractivity contribution in [3.63, 3.8) is 0 Å². The summed E-state index contributed by atoms with van der Waals surface area (Å²) >= 11 is 6.24. The molecule has 3 aromatic rings. The van der Waals surface area contributed by atoms with Gasteiger partial charge in [0.15, 0.2) is 0 Å². The first-order valence-corrected chi connectivity index (χ1v) is 12.6. The first-order valence-electron chi connectivity index (χ1n) is 12.2. The number of benzene rings is 3. The Morgan fingerprint density at radius 1 is 0.897 bits per heavy atom. The molecule has 2 N–H and O–H groups in total. The van der Waals surface area contributed by atoms with Crippen LogP contribution in [0.5, 0.6) is 5.75 Å². The molecule has 0 spiro atoms. The van der Waals surface area contributed by atoms with Crippen molar-refractivity contribution in [3.05, 3.63) is 94.7 Å². The molecule has 0 fully saturated rings. The molecule has 1 aliphatic heterocycles. The minimum Gasteiger partial charge on any atom is -0.497 e. The molecule has 0 radical (unpaired) electrons. The molecule has 3 amide bonds. The molecular formula is C29H26ClN3O6. The van der Waals surface area contributed by atoms with E-state index in [4.69, 9.17) is 21.1 Å². The molecule has 10 heteroatoms. The van der Waals surface area contributed by atoms with Crippen molar-refractivity contribution in [1.82, 2.24) is 0 Å². The Hall–Kier alpha value is -4.63. The van der Waals surface area contributed by atoms with Crippen LogP contribution in [0, 0.1) is 0 Å². The van der Waals surface area contributed by atoms with Gasteiger partial charge in [-0.25, -0.2) is 9.69 Å². The van der Waals surface area contributed by atoms with E-state index in [1.807, 2.05) is 6.92 Å². The number of rotatable bonds is 10. The number of hydrogen-bond donors (Lipinski definition) is 2. The third-order valence-corrected chi connectivity index (χ3v) is 6.21. The zero-order chi connectivity index (χ0) is 27.9. The minimum atomic E-state index is -0.726. The highest BCUT2D eigenvalue weighted by Crippen LogP contribution is 2.31. The van der Waals surface area contributed by atoms with Gasteiger partial charge in [0.25, 0.3) is 17.7 Å². The summed E-state index contributed by atoms with van der Waals surface area (Å²) in [5, 5.41) is 5.36. The summed E-state index contributed by atoms with van der Waals surface area (Å²) in [7, 11) is 1.56. The van der Waals surface area contributed by atoms with Crippen LogP contribution >= 0.6 is 11.6 Å². The minimum absolute atomic E-state index is 0.118. The maximum absolute atomic E-state index is 13.2. The van der Waals surface area contributed by atoms with Crippen LogP contribution in [-0.4, -0.2) is 37.4 Å². The Bertz CT molecular complexity index is 1430. The van der Waals surface area contributed by atoms with Gasteiger partial charge in [-0.2, -0.15) is 0 Å². The predicted molar refractivity (Wildman–Crippen MR) is 148 cm³/mol. The van der Waals surface area contributed by atoms with E-state index in [1.165, 1.54) is 12.1 Å². The van der Waals surface area contributed by atoms with Crippen molar-refractivity contribution in [2.75, 3.05) is 29.3 Å². The highest BCUT2D eigenvalue weighted by atomic mass is 35.5. The number of ether oxygens (including phenoxy) is 2. The van der Waals surface area contributed by atoms with Crippen LogP contribution in [-0.2, 0) is 14.3 Å². The molecular weight excluding hydrogens is 522 g/mol. The zero-order valence-corrected chi connectivity index (χ0v) is 22.1. The Labute approximate surface area is 230 Å². The lowest BCUT2D eigenvalue weighted by Crippen LogP contribution is -2.32. The maximum atomic E-state index is 13.2. The van der Waals surface area contributed by atoms with E-state index in [2.05, 4.69) is 10.6 Å². The number of carbonyl (C=O) groups excluding carboxylic acids is 4. The van der Waals surface area contributed by atoms with Gasteiger partial charge in [-0.3, -0.25) is 14.4 Å². The molecule has 0 saturated heterocycles. The molecule has 0 atom stereocenters. The SMILES string of the molecule is CCCCOC(=O)c1cccc(N2C(=O)C(Cl)=C(Nc3ccc(C(=O)Nc4ccc(OC)cc4)cc3)C2=O)c1. The lowest BCUT2D eigenvalue weighted by atomic mass is 10.1. The normalized spacial score (nSPS) is 12.9. The molecule has 1 aliphatic rings. The number of nitrogens with zero attached hydrogens (tertiary/aromatic N) is 1. The van der Waals surface area contributed by atoms with Crippen molar-refractivity contribution < 1.29 is 28.7 Å². The molecule has 200 valence electrons. The van der Waals surface area contributed by atoms with Gasteiger partial charge in [-0.15, -0.1) is 0 Å². The highest BCUT2D eigenvalue weighted by molar-refractivity contribution is 6.53. The van der Waals surface area contributed by atoms with Crippen LogP contribution in [0.2, 0.25) is 0 Å². The second-order valence-corrected chi connectivity index (χ2v) is 8.94. The van der Waals surface area contributed by atoms with E-state index in [-0.39, 0.29) is 34.5 Å². The van der Waals surface area contributed by atoms with Crippen LogP contribution in [0.3, 0.4) is 0 Å².